The van der Waals surface area contributed by atoms with Crippen molar-refractivity contribution in [3.8, 4) is 17.2 Å². The summed E-state index contributed by atoms with van der Waals surface area (Å²) in [5.41, 5.74) is 7.63. The number of hydrogen-bond donors (Lipinski definition) is 2. The van der Waals surface area contributed by atoms with Gasteiger partial charge in [0.25, 0.3) is 5.91 Å². The Morgan fingerprint density at radius 2 is 1.81 bits per heavy atom. The molecule has 2 N–H and O–H groups in total. The number of nitrogens with one attached hydrogen (secondary N) is 2. The molecule has 42 heavy (non-hydrogen) atoms. The lowest BCUT2D eigenvalue weighted by atomic mass is 9.93. The van der Waals surface area contributed by atoms with Gasteiger partial charge in [0, 0.05) is 60.9 Å². The Bertz CT molecular complexity index is 1590. The summed E-state index contributed by atoms with van der Waals surface area (Å²) < 4.78 is 11.5. The number of piperazine rings is 1. The van der Waals surface area contributed by atoms with Crippen molar-refractivity contribution in [3.05, 3.63) is 70.5 Å². The number of aryl methyl sites for hydroxylation is 3. The van der Waals surface area contributed by atoms with Crippen LogP contribution in [0.1, 0.15) is 46.6 Å². The van der Waals surface area contributed by atoms with Crippen molar-refractivity contribution in [3.63, 3.8) is 0 Å². The van der Waals surface area contributed by atoms with Gasteiger partial charge >= 0.3 is 0 Å². The third-order valence-electron chi connectivity index (χ3n) is 8.26. The number of ether oxygens (including phenoxy) is 1. The Morgan fingerprint density at radius 3 is 2.52 bits per heavy atom. The quantitative estimate of drug-likeness (QED) is 0.300. The van der Waals surface area contributed by atoms with Gasteiger partial charge in [0.2, 0.25) is 5.95 Å². The maximum atomic E-state index is 13.4. The fourth-order valence-corrected chi connectivity index (χ4v) is 5.75. The number of nitrogens with zero attached hydrogens (tertiary/aromatic N) is 5. The number of likely N-dealkylation sites (N-methyl/N-ethyl adjacent to an activating group) is 1. The van der Waals surface area contributed by atoms with Crippen LogP contribution in [0.5, 0.6) is 5.75 Å². The number of fused-ring (bicyclic) bond motifs is 3. The zero-order valence-corrected chi connectivity index (χ0v) is 24.7. The first-order chi connectivity index (χ1) is 20.5. The molecule has 1 aliphatic carbocycles. The second-order valence-electron chi connectivity index (χ2n) is 10.8. The van der Waals surface area contributed by atoms with Gasteiger partial charge in [-0.1, -0.05) is 37.2 Å². The molecule has 10 nitrogen and oxygen atoms in total. The molecule has 0 unspecified atom stereocenters. The fraction of sp³-hybridized carbons (Fsp3) is 0.375. The molecule has 4 aromatic rings. The molecule has 6 rings (SSSR count). The summed E-state index contributed by atoms with van der Waals surface area (Å²) in [5, 5.41) is 10.6. The van der Waals surface area contributed by atoms with Gasteiger partial charge in [-0.15, -0.1) is 0 Å². The third kappa shape index (κ3) is 5.30. The summed E-state index contributed by atoms with van der Waals surface area (Å²) in [6, 6.07) is 12.3. The van der Waals surface area contributed by atoms with Gasteiger partial charge < -0.3 is 29.7 Å². The standard InChI is InChI=1S/C32H37N7O3/c1-5-20-8-7-9-21(6-2)27(20)35-31(40)29-24-12-10-22-19-33-32(36-28(22)30(24)42-37-29)34-25-13-11-23(18-26(25)41-4)39-16-14-38(3)15-17-39/h7-9,11,13,18-19H,5-6,10,12,14-17H2,1-4H3,(H,35,40)(H,33,34,36). The van der Waals surface area contributed by atoms with Crippen molar-refractivity contribution < 1.29 is 14.1 Å². The Balaban J connectivity index is 1.24. The minimum Gasteiger partial charge on any atom is -0.494 e. The predicted molar refractivity (Wildman–Crippen MR) is 164 cm³/mol. The second kappa shape index (κ2) is 11.8. The van der Waals surface area contributed by atoms with Crippen molar-refractivity contribution >= 4 is 28.9 Å². The first-order valence-corrected chi connectivity index (χ1v) is 14.6. The fourth-order valence-electron chi connectivity index (χ4n) is 5.75. The molecule has 0 bridgehead atoms. The van der Waals surface area contributed by atoms with E-state index < -0.39 is 0 Å². The molecule has 1 amide bonds. The molecule has 10 heteroatoms. The van der Waals surface area contributed by atoms with Crippen LogP contribution in [-0.4, -0.2) is 66.3 Å². The van der Waals surface area contributed by atoms with E-state index in [0.717, 1.165) is 78.3 Å². The minimum absolute atomic E-state index is 0.267. The van der Waals surface area contributed by atoms with E-state index >= 15 is 0 Å². The van der Waals surface area contributed by atoms with Crippen molar-refractivity contribution in [2.24, 2.45) is 0 Å². The maximum absolute atomic E-state index is 13.4. The van der Waals surface area contributed by atoms with E-state index in [4.69, 9.17) is 14.2 Å². The van der Waals surface area contributed by atoms with Crippen LogP contribution in [0, 0.1) is 0 Å². The van der Waals surface area contributed by atoms with E-state index in [1.165, 1.54) is 0 Å². The molecule has 1 fully saturated rings. The van der Waals surface area contributed by atoms with Crippen LogP contribution < -0.4 is 20.3 Å². The highest BCUT2D eigenvalue weighted by Crippen LogP contribution is 2.36. The molecule has 0 radical (unpaired) electrons. The zero-order valence-electron chi connectivity index (χ0n) is 24.7. The Kier molecular flexibility index (Phi) is 7.80. The zero-order chi connectivity index (χ0) is 29.2. The van der Waals surface area contributed by atoms with Crippen LogP contribution in [0.15, 0.2) is 47.1 Å². The average molecular weight is 568 g/mol. The lowest BCUT2D eigenvalue weighted by molar-refractivity contribution is 0.101. The predicted octanol–water partition coefficient (Wildman–Crippen LogP) is 5.11. The number of carbonyl (C=O) groups is 1. The second-order valence-corrected chi connectivity index (χ2v) is 10.8. The average Bonchev–Trinajstić information content (AvgIpc) is 3.47. The summed E-state index contributed by atoms with van der Waals surface area (Å²) in [6.45, 7) is 8.19. The summed E-state index contributed by atoms with van der Waals surface area (Å²) in [6.07, 6.45) is 4.78. The SMILES string of the molecule is CCc1cccc(CC)c1NC(=O)c1noc2c1CCc1cnc(Nc3ccc(N4CCN(C)CC4)cc3OC)nc1-2. The van der Waals surface area contributed by atoms with E-state index in [-0.39, 0.29) is 5.91 Å². The third-order valence-corrected chi connectivity index (χ3v) is 8.26. The molecular weight excluding hydrogens is 530 g/mol. The monoisotopic (exact) mass is 567 g/mol. The first-order valence-electron chi connectivity index (χ1n) is 14.6. The first kappa shape index (κ1) is 27.7. The molecule has 2 aliphatic rings. The highest BCUT2D eigenvalue weighted by molar-refractivity contribution is 6.05. The molecule has 218 valence electrons. The number of methoxy groups -OCH3 is 1. The normalized spacial score (nSPS) is 14.7. The van der Waals surface area contributed by atoms with E-state index in [9.17, 15) is 4.79 Å². The minimum atomic E-state index is -0.267. The largest absolute Gasteiger partial charge is 0.494 e. The topological polar surface area (TPSA) is 109 Å². The van der Waals surface area contributed by atoms with E-state index in [1.807, 2.05) is 36.5 Å². The van der Waals surface area contributed by atoms with Gasteiger partial charge in [0.15, 0.2) is 11.5 Å². The summed E-state index contributed by atoms with van der Waals surface area (Å²) in [5.74, 6) is 1.38. The number of aromatic nitrogens is 3. The molecule has 2 aromatic carbocycles. The highest BCUT2D eigenvalue weighted by atomic mass is 16.5. The number of para-hydroxylation sites is 1. The number of benzene rings is 2. The molecule has 1 aliphatic heterocycles. The Hall–Kier alpha value is -4.44. The van der Waals surface area contributed by atoms with Gasteiger partial charge in [-0.05, 0) is 56.0 Å². The summed E-state index contributed by atoms with van der Waals surface area (Å²) in [4.78, 5) is 27.5. The van der Waals surface area contributed by atoms with Crippen LogP contribution in [-0.2, 0) is 25.7 Å². The Morgan fingerprint density at radius 1 is 1.05 bits per heavy atom. The number of carbonyl (C=O) groups excluding carboxylic acids is 1. The van der Waals surface area contributed by atoms with E-state index in [1.54, 1.807) is 7.11 Å². The van der Waals surface area contributed by atoms with Crippen molar-refractivity contribution in [1.82, 2.24) is 20.0 Å². The molecular formula is C32H37N7O3. The maximum Gasteiger partial charge on any atom is 0.278 e. The van der Waals surface area contributed by atoms with Crippen molar-refractivity contribution in [1.29, 1.82) is 0 Å². The lowest BCUT2D eigenvalue weighted by Gasteiger charge is -2.34. The van der Waals surface area contributed by atoms with Gasteiger partial charge in [0.1, 0.15) is 11.4 Å². The van der Waals surface area contributed by atoms with Gasteiger partial charge in [-0.2, -0.15) is 0 Å². The Labute approximate surface area is 246 Å². The van der Waals surface area contributed by atoms with Gasteiger partial charge in [0.05, 0.1) is 12.8 Å². The van der Waals surface area contributed by atoms with Gasteiger partial charge in [-0.25, -0.2) is 9.97 Å². The smallest absolute Gasteiger partial charge is 0.278 e. The van der Waals surface area contributed by atoms with Crippen LogP contribution in [0.25, 0.3) is 11.5 Å². The molecule has 0 spiro atoms. The molecule has 2 aromatic heterocycles. The van der Waals surface area contributed by atoms with Crippen molar-refractivity contribution in [2.45, 2.75) is 39.5 Å². The number of amides is 1. The summed E-state index contributed by atoms with van der Waals surface area (Å²) >= 11 is 0. The van der Waals surface area contributed by atoms with E-state index in [2.05, 4.69) is 57.5 Å². The number of hydrogen-bond acceptors (Lipinski definition) is 9. The molecule has 0 atom stereocenters. The number of rotatable bonds is 8. The van der Waals surface area contributed by atoms with Crippen LogP contribution in [0.3, 0.4) is 0 Å². The van der Waals surface area contributed by atoms with Crippen molar-refractivity contribution in [2.75, 3.05) is 55.9 Å². The molecule has 0 saturated carbocycles. The van der Waals surface area contributed by atoms with Crippen LogP contribution in [0.4, 0.5) is 23.0 Å². The van der Waals surface area contributed by atoms with Crippen LogP contribution >= 0.6 is 0 Å². The summed E-state index contributed by atoms with van der Waals surface area (Å²) in [7, 11) is 3.81. The molecule has 3 heterocycles. The van der Waals surface area contributed by atoms with Gasteiger partial charge in [-0.3, -0.25) is 4.79 Å². The highest BCUT2D eigenvalue weighted by Gasteiger charge is 2.30. The van der Waals surface area contributed by atoms with E-state index in [0.29, 0.717) is 41.7 Å². The van der Waals surface area contributed by atoms with Crippen LogP contribution in [0.2, 0.25) is 0 Å². The number of anilines is 4. The lowest BCUT2D eigenvalue weighted by Crippen LogP contribution is -2.44. The molecule has 1 saturated heterocycles.